The van der Waals surface area contributed by atoms with E-state index in [1.807, 2.05) is 37.3 Å². The Kier molecular flexibility index (Phi) is 8.38. The van der Waals surface area contributed by atoms with Crippen molar-refractivity contribution in [1.82, 2.24) is 4.31 Å². The first-order valence-corrected chi connectivity index (χ1v) is 9.32. The van der Waals surface area contributed by atoms with E-state index in [2.05, 4.69) is 0 Å². The van der Waals surface area contributed by atoms with Gasteiger partial charge in [-0.25, -0.2) is 8.42 Å². The van der Waals surface area contributed by atoms with Crippen LogP contribution in [0.1, 0.15) is 11.1 Å². The molecule has 0 fully saturated rings. The van der Waals surface area contributed by atoms with Gasteiger partial charge in [-0.1, -0.05) is 30.3 Å². The molecule has 0 saturated carbocycles. The maximum atomic E-state index is 12.9. The molecule has 0 heterocycles. The van der Waals surface area contributed by atoms with Crippen LogP contribution in [-0.2, 0) is 16.4 Å². The van der Waals surface area contributed by atoms with E-state index < -0.39 is 10.0 Å². The van der Waals surface area contributed by atoms with Crippen molar-refractivity contribution in [2.75, 3.05) is 26.7 Å². The highest BCUT2D eigenvalue weighted by atomic mass is 35.5. The summed E-state index contributed by atoms with van der Waals surface area (Å²) in [6, 6.07) is 14.7. The third-order valence-electron chi connectivity index (χ3n) is 3.88. The molecule has 0 spiro atoms. The summed E-state index contributed by atoms with van der Waals surface area (Å²) in [6.45, 7) is 2.80. The molecule has 0 atom stereocenters. The van der Waals surface area contributed by atoms with Crippen molar-refractivity contribution < 1.29 is 13.2 Å². The highest BCUT2D eigenvalue weighted by Gasteiger charge is 2.24. The number of ether oxygens (including phenoxy) is 1. The monoisotopic (exact) mass is 384 g/mol. The lowest BCUT2D eigenvalue weighted by atomic mass is 10.1. The Morgan fingerprint density at radius 1 is 1.08 bits per heavy atom. The molecular weight excluding hydrogens is 360 g/mol. The van der Waals surface area contributed by atoms with Crippen LogP contribution in [0.15, 0.2) is 53.4 Å². The van der Waals surface area contributed by atoms with E-state index in [9.17, 15) is 8.42 Å². The third-order valence-corrected chi connectivity index (χ3v) is 5.77. The summed E-state index contributed by atoms with van der Waals surface area (Å²) in [5.74, 6) is 0.670. The van der Waals surface area contributed by atoms with Crippen molar-refractivity contribution >= 4 is 22.4 Å². The van der Waals surface area contributed by atoms with Crippen molar-refractivity contribution in [1.29, 1.82) is 0 Å². The maximum Gasteiger partial charge on any atom is 0.243 e. The van der Waals surface area contributed by atoms with Crippen molar-refractivity contribution in [2.45, 2.75) is 18.2 Å². The first-order valence-electron chi connectivity index (χ1n) is 7.88. The summed E-state index contributed by atoms with van der Waals surface area (Å²) in [6.07, 6.45) is 0.648. The van der Waals surface area contributed by atoms with E-state index >= 15 is 0 Å². The summed E-state index contributed by atoms with van der Waals surface area (Å²) < 4.78 is 32.5. The van der Waals surface area contributed by atoms with E-state index in [1.54, 1.807) is 25.3 Å². The van der Waals surface area contributed by atoms with Crippen molar-refractivity contribution in [2.24, 2.45) is 5.73 Å². The van der Waals surface area contributed by atoms with Gasteiger partial charge in [-0.2, -0.15) is 4.31 Å². The molecular formula is C18H25ClN2O3S. The van der Waals surface area contributed by atoms with Crippen LogP contribution in [0, 0.1) is 6.92 Å². The zero-order chi connectivity index (χ0) is 17.6. The number of sulfonamides is 1. The van der Waals surface area contributed by atoms with Gasteiger partial charge in [0.2, 0.25) is 10.0 Å². The lowest BCUT2D eigenvalue weighted by Gasteiger charge is -2.22. The van der Waals surface area contributed by atoms with Crippen LogP contribution in [0.5, 0.6) is 5.75 Å². The Morgan fingerprint density at radius 3 is 2.32 bits per heavy atom. The lowest BCUT2D eigenvalue weighted by molar-refractivity contribution is 0.410. The molecule has 2 N–H and O–H groups in total. The van der Waals surface area contributed by atoms with Crippen LogP contribution in [0.2, 0.25) is 0 Å². The molecule has 0 bridgehead atoms. The number of hydrogen-bond donors (Lipinski definition) is 1. The Labute approximate surface area is 156 Å². The average Bonchev–Trinajstić information content (AvgIpc) is 2.59. The second-order valence-corrected chi connectivity index (χ2v) is 7.50. The summed E-state index contributed by atoms with van der Waals surface area (Å²) >= 11 is 0. The minimum Gasteiger partial charge on any atom is -0.496 e. The molecule has 2 rings (SSSR count). The lowest BCUT2D eigenvalue weighted by Crippen LogP contribution is -2.37. The van der Waals surface area contributed by atoms with Crippen LogP contribution in [0.3, 0.4) is 0 Å². The standard InChI is InChI=1S/C18H24N2O3S.ClH/c1-15-14-17(8-9-18(15)23-2)24(21,22)20(13-11-19)12-10-16-6-4-3-5-7-16;/h3-9,14H,10-13,19H2,1-2H3;1H. The SMILES string of the molecule is COc1ccc(S(=O)(=O)N(CCN)CCc2ccccc2)cc1C.Cl. The van der Waals surface area contributed by atoms with Crippen LogP contribution in [0.25, 0.3) is 0 Å². The highest BCUT2D eigenvalue weighted by Crippen LogP contribution is 2.23. The number of aryl methyl sites for hydroxylation is 1. The predicted octanol–water partition coefficient (Wildman–Crippen LogP) is 2.62. The van der Waals surface area contributed by atoms with E-state index in [0.717, 1.165) is 11.1 Å². The number of nitrogens with zero attached hydrogens (tertiary/aromatic N) is 1. The van der Waals surface area contributed by atoms with Gasteiger partial charge in [-0.3, -0.25) is 0 Å². The summed E-state index contributed by atoms with van der Waals surface area (Å²) in [4.78, 5) is 0.266. The topological polar surface area (TPSA) is 72.6 Å². The molecule has 0 aliphatic heterocycles. The fraction of sp³-hybridized carbons (Fsp3) is 0.333. The molecule has 0 radical (unpaired) electrons. The number of methoxy groups -OCH3 is 1. The number of rotatable bonds is 8. The smallest absolute Gasteiger partial charge is 0.243 e. The van der Waals surface area contributed by atoms with Crippen molar-refractivity contribution in [3.63, 3.8) is 0 Å². The number of benzene rings is 2. The maximum absolute atomic E-state index is 12.9. The first-order chi connectivity index (χ1) is 11.5. The Bertz CT molecular complexity index is 767. The van der Waals surface area contributed by atoms with Gasteiger partial charge < -0.3 is 10.5 Å². The number of halogens is 1. The summed E-state index contributed by atoms with van der Waals surface area (Å²) in [5, 5.41) is 0. The van der Waals surface area contributed by atoms with Crippen LogP contribution in [-0.4, -0.2) is 39.5 Å². The largest absolute Gasteiger partial charge is 0.496 e. The van der Waals surface area contributed by atoms with Gasteiger partial charge in [0, 0.05) is 19.6 Å². The van der Waals surface area contributed by atoms with E-state index in [-0.39, 0.29) is 23.8 Å². The molecule has 7 heteroatoms. The molecule has 0 unspecified atom stereocenters. The van der Waals surface area contributed by atoms with Crippen LogP contribution < -0.4 is 10.5 Å². The van der Waals surface area contributed by atoms with Crippen molar-refractivity contribution in [3.8, 4) is 5.75 Å². The van der Waals surface area contributed by atoms with Crippen LogP contribution in [0.4, 0.5) is 0 Å². The zero-order valence-electron chi connectivity index (χ0n) is 14.5. The molecule has 2 aromatic rings. The van der Waals surface area contributed by atoms with Gasteiger partial charge in [-0.05, 0) is 42.7 Å². The van der Waals surface area contributed by atoms with E-state index in [1.165, 1.54) is 4.31 Å². The summed E-state index contributed by atoms with van der Waals surface area (Å²) in [7, 11) is -2.02. The molecule has 0 aliphatic rings. The van der Waals surface area contributed by atoms with Gasteiger partial charge >= 0.3 is 0 Å². The number of nitrogens with two attached hydrogens (primary N) is 1. The molecule has 25 heavy (non-hydrogen) atoms. The molecule has 0 aliphatic carbocycles. The van der Waals surface area contributed by atoms with Gasteiger partial charge in [0.15, 0.2) is 0 Å². The second kappa shape index (κ2) is 9.77. The van der Waals surface area contributed by atoms with Crippen molar-refractivity contribution in [3.05, 3.63) is 59.7 Å². The highest BCUT2D eigenvalue weighted by molar-refractivity contribution is 7.89. The van der Waals surface area contributed by atoms with Gasteiger partial charge in [-0.15, -0.1) is 12.4 Å². The van der Waals surface area contributed by atoms with E-state index in [4.69, 9.17) is 10.5 Å². The predicted molar refractivity (Wildman–Crippen MR) is 103 cm³/mol. The van der Waals surface area contributed by atoms with Gasteiger partial charge in [0.05, 0.1) is 12.0 Å². The Morgan fingerprint density at radius 2 is 1.76 bits per heavy atom. The summed E-state index contributed by atoms with van der Waals surface area (Å²) in [5.41, 5.74) is 7.51. The molecule has 2 aromatic carbocycles. The minimum absolute atomic E-state index is 0. The molecule has 5 nitrogen and oxygen atoms in total. The van der Waals surface area contributed by atoms with Gasteiger partial charge in [0.1, 0.15) is 5.75 Å². The zero-order valence-corrected chi connectivity index (χ0v) is 16.1. The number of hydrogen-bond acceptors (Lipinski definition) is 4. The first kappa shape index (κ1) is 21.4. The Hall–Kier alpha value is -1.60. The molecule has 0 amide bonds. The second-order valence-electron chi connectivity index (χ2n) is 5.56. The quantitative estimate of drug-likeness (QED) is 0.759. The molecule has 0 saturated heterocycles. The third kappa shape index (κ3) is 5.44. The average molecular weight is 385 g/mol. The van der Waals surface area contributed by atoms with Crippen LogP contribution >= 0.6 is 12.4 Å². The molecule has 138 valence electrons. The fourth-order valence-electron chi connectivity index (χ4n) is 2.56. The van der Waals surface area contributed by atoms with Gasteiger partial charge in [0.25, 0.3) is 0 Å². The minimum atomic E-state index is -3.58. The fourth-order valence-corrected chi connectivity index (χ4v) is 4.10. The Balaban J connectivity index is 0.00000312. The normalized spacial score (nSPS) is 11.2. The molecule has 0 aromatic heterocycles. The van der Waals surface area contributed by atoms with E-state index in [0.29, 0.717) is 25.3 Å².